The number of carbonyl (C=O) groups is 1. The van der Waals surface area contributed by atoms with E-state index < -0.39 is 0 Å². The van der Waals surface area contributed by atoms with E-state index in [1.54, 1.807) is 0 Å². The summed E-state index contributed by atoms with van der Waals surface area (Å²) in [5.74, 6) is 0.149. The van der Waals surface area contributed by atoms with Gasteiger partial charge in [-0.15, -0.1) is 0 Å². The van der Waals surface area contributed by atoms with Gasteiger partial charge in [0.05, 0.1) is 6.04 Å². The summed E-state index contributed by atoms with van der Waals surface area (Å²) in [5.41, 5.74) is 2.04. The van der Waals surface area contributed by atoms with Crippen molar-refractivity contribution in [3.63, 3.8) is 0 Å². The lowest BCUT2D eigenvalue weighted by Crippen LogP contribution is -2.30. The molecule has 23 heavy (non-hydrogen) atoms. The molecule has 1 unspecified atom stereocenters. The molecule has 0 aliphatic carbocycles. The van der Waals surface area contributed by atoms with Crippen molar-refractivity contribution >= 4 is 29.1 Å². The molecule has 1 saturated heterocycles. The van der Waals surface area contributed by atoms with Gasteiger partial charge in [-0.1, -0.05) is 59.6 Å². The highest BCUT2D eigenvalue weighted by Crippen LogP contribution is 2.33. The van der Waals surface area contributed by atoms with E-state index in [1.165, 1.54) is 0 Å². The van der Waals surface area contributed by atoms with Gasteiger partial charge in [0.1, 0.15) is 0 Å². The summed E-state index contributed by atoms with van der Waals surface area (Å²) >= 11 is 12.5. The second-order valence-corrected chi connectivity index (χ2v) is 6.82. The number of hydrogen-bond donors (Lipinski definition) is 0. The van der Waals surface area contributed by atoms with Gasteiger partial charge >= 0.3 is 0 Å². The smallest absolute Gasteiger partial charge is 0.226 e. The fourth-order valence-corrected chi connectivity index (χ4v) is 3.77. The lowest BCUT2D eigenvalue weighted by molar-refractivity contribution is -0.132. The van der Waals surface area contributed by atoms with Crippen molar-refractivity contribution in [3.8, 4) is 0 Å². The van der Waals surface area contributed by atoms with Gasteiger partial charge in [0.15, 0.2) is 0 Å². The van der Waals surface area contributed by atoms with Crippen LogP contribution in [-0.2, 0) is 11.2 Å². The Morgan fingerprint density at radius 2 is 1.74 bits per heavy atom. The average Bonchev–Trinajstić information content (AvgIpc) is 2.92. The van der Waals surface area contributed by atoms with Gasteiger partial charge in [0.25, 0.3) is 0 Å². The van der Waals surface area contributed by atoms with Crippen LogP contribution in [0.1, 0.15) is 30.5 Å². The molecule has 1 aliphatic heterocycles. The normalized spacial score (nSPS) is 19.2. The van der Waals surface area contributed by atoms with Crippen LogP contribution in [0.2, 0.25) is 10.0 Å². The van der Waals surface area contributed by atoms with Gasteiger partial charge in [-0.05, 0) is 43.0 Å². The van der Waals surface area contributed by atoms with Crippen molar-refractivity contribution in [2.45, 2.75) is 25.8 Å². The zero-order valence-electron chi connectivity index (χ0n) is 13.0. The van der Waals surface area contributed by atoms with E-state index in [1.807, 2.05) is 41.3 Å². The van der Waals surface area contributed by atoms with E-state index >= 15 is 0 Å². The molecule has 1 aliphatic rings. The molecule has 0 spiro atoms. The fraction of sp³-hybridized carbons (Fsp3) is 0.316. The maximum absolute atomic E-state index is 12.8. The molecule has 1 fully saturated rings. The van der Waals surface area contributed by atoms with Crippen molar-refractivity contribution in [3.05, 3.63) is 69.7 Å². The highest BCUT2D eigenvalue weighted by Gasteiger charge is 2.35. The molecule has 120 valence electrons. The maximum Gasteiger partial charge on any atom is 0.226 e. The van der Waals surface area contributed by atoms with Crippen molar-refractivity contribution in [2.24, 2.45) is 5.92 Å². The molecule has 0 N–H and O–H groups in total. The van der Waals surface area contributed by atoms with Gasteiger partial charge in [0.2, 0.25) is 5.91 Å². The summed E-state index contributed by atoms with van der Waals surface area (Å²) in [5, 5.41) is 1.28. The largest absolute Gasteiger partial charge is 0.336 e. The number of nitrogens with zero attached hydrogens (tertiary/aromatic N) is 1. The Morgan fingerprint density at radius 1 is 1.09 bits per heavy atom. The van der Waals surface area contributed by atoms with Gasteiger partial charge in [-0.3, -0.25) is 4.79 Å². The van der Waals surface area contributed by atoms with Crippen molar-refractivity contribution in [1.29, 1.82) is 0 Å². The molecular formula is C19H19Cl2NO. The SMILES string of the molecule is C[C@@H](c1ccccc1)N1CCC(Cc2c(Cl)cccc2Cl)C1=O. The monoisotopic (exact) mass is 347 g/mol. The minimum absolute atomic E-state index is 0.0430. The molecule has 2 atom stereocenters. The predicted molar refractivity (Wildman–Crippen MR) is 94.8 cm³/mol. The summed E-state index contributed by atoms with van der Waals surface area (Å²) in [6, 6.07) is 15.7. The van der Waals surface area contributed by atoms with Crippen molar-refractivity contribution in [2.75, 3.05) is 6.54 Å². The Balaban J connectivity index is 1.74. The highest BCUT2D eigenvalue weighted by atomic mass is 35.5. The van der Waals surface area contributed by atoms with Gasteiger partial charge in [-0.25, -0.2) is 0 Å². The lowest BCUT2D eigenvalue weighted by atomic mass is 9.98. The van der Waals surface area contributed by atoms with Crippen LogP contribution >= 0.6 is 23.2 Å². The highest BCUT2D eigenvalue weighted by molar-refractivity contribution is 6.36. The number of rotatable bonds is 4. The third kappa shape index (κ3) is 3.39. The van der Waals surface area contributed by atoms with Crippen LogP contribution in [0.15, 0.2) is 48.5 Å². The Bertz CT molecular complexity index is 682. The standard InChI is InChI=1S/C19H19Cl2NO/c1-13(14-6-3-2-4-7-14)22-11-10-15(19(22)23)12-16-17(20)8-5-9-18(16)21/h2-9,13,15H,10-12H2,1H3/t13-,15?/m0/s1. The molecule has 1 amide bonds. The molecule has 1 heterocycles. The second-order valence-electron chi connectivity index (χ2n) is 6.01. The lowest BCUT2D eigenvalue weighted by Gasteiger charge is -2.25. The second kappa shape index (κ2) is 6.94. The molecular weight excluding hydrogens is 329 g/mol. The first kappa shape index (κ1) is 16.4. The Kier molecular flexibility index (Phi) is 4.93. The topological polar surface area (TPSA) is 20.3 Å². The number of halogens is 2. The summed E-state index contributed by atoms with van der Waals surface area (Å²) in [6.45, 7) is 2.86. The van der Waals surface area contributed by atoms with E-state index in [9.17, 15) is 4.79 Å². The quantitative estimate of drug-likeness (QED) is 0.749. The number of benzene rings is 2. The summed E-state index contributed by atoms with van der Waals surface area (Å²) < 4.78 is 0. The number of hydrogen-bond acceptors (Lipinski definition) is 1. The zero-order chi connectivity index (χ0) is 16.4. The minimum atomic E-state index is -0.0430. The molecule has 2 aromatic rings. The fourth-order valence-electron chi connectivity index (χ4n) is 3.22. The third-order valence-corrected chi connectivity index (χ3v) is 5.32. The number of carbonyl (C=O) groups excluding carboxylic acids is 1. The summed E-state index contributed by atoms with van der Waals surface area (Å²) in [7, 11) is 0. The van der Waals surface area contributed by atoms with Crippen LogP contribution in [0.3, 0.4) is 0 Å². The van der Waals surface area contributed by atoms with Crippen molar-refractivity contribution < 1.29 is 4.79 Å². The van der Waals surface area contributed by atoms with Crippen LogP contribution in [0.4, 0.5) is 0 Å². The van der Waals surface area contributed by atoms with E-state index in [0.717, 1.165) is 24.1 Å². The van der Waals surface area contributed by atoms with Crippen LogP contribution in [0, 0.1) is 5.92 Å². The zero-order valence-corrected chi connectivity index (χ0v) is 14.5. The molecule has 0 radical (unpaired) electrons. The summed E-state index contributed by atoms with van der Waals surface area (Å²) in [6.07, 6.45) is 1.45. The summed E-state index contributed by atoms with van der Waals surface area (Å²) in [4.78, 5) is 14.8. The Morgan fingerprint density at radius 3 is 2.39 bits per heavy atom. The first-order valence-electron chi connectivity index (χ1n) is 7.86. The minimum Gasteiger partial charge on any atom is -0.336 e. The Hall–Kier alpha value is -1.51. The molecule has 0 aromatic heterocycles. The van der Waals surface area contributed by atoms with Gasteiger partial charge in [-0.2, -0.15) is 0 Å². The van der Waals surface area contributed by atoms with Gasteiger partial charge < -0.3 is 4.90 Å². The van der Waals surface area contributed by atoms with E-state index in [4.69, 9.17) is 23.2 Å². The van der Waals surface area contributed by atoms with Crippen LogP contribution in [-0.4, -0.2) is 17.4 Å². The molecule has 2 aromatic carbocycles. The molecule has 3 rings (SSSR count). The predicted octanol–water partition coefficient (Wildman–Crippen LogP) is 5.15. The molecule has 0 bridgehead atoms. The molecule has 0 saturated carbocycles. The van der Waals surface area contributed by atoms with Crippen LogP contribution in [0.25, 0.3) is 0 Å². The molecule has 2 nitrogen and oxygen atoms in total. The third-order valence-electron chi connectivity index (χ3n) is 4.61. The first-order valence-corrected chi connectivity index (χ1v) is 8.62. The van der Waals surface area contributed by atoms with E-state index in [-0.39, 0.29) is 17.9 Å². The van der Waals surface area contributed by atoms with Crippen LogP contribution in [0.5, 0.6) is 0 Å². The first-order chi connectivity index (χ1) is 11.1. The van der Waals surface area contributed by atoms with Crippen LogP contribution < -0.4 is 0 Å². The number of amides is 1. The van der Waals surface area contributed by atoms with Gasteiger partial charge in [0, 0.05) is 22.5 Å². The molecule has 4 heteroatoms. The maximum atomic E-state index is 12.8. The van der Waals surface area contributed by atoms with Crippen molar-refractivity contribution in [1.82, 2.24) is 4.90 Å². The van der Waals surface area contributed by atoms with E-state index in [2.05, 4.69) is 19.1 Å². The number of likely N-dealkylation sites (tertiary alicyclic amines) is 1. The van der Waals surface area contributed by atoms with E-state index in [0.29, 0.717) is 16.5 Å². The average molecular weight is 348 g/mol. The Labute approximate surface area is 147 Å².